The van der Waals surface area contributed by atoms with Crippen molar-refractivity contribution in [3.05, 3.63) is 160 Å². The van der Waals surface area contributed by atoms with Crippen LogP contribution in [0.5, 0.6) is 5.75 Å². The fourth-order valence-corrected chi connectivity index (χ4v) is 7.88. The summed E-state index contributed by atoms with van der Waals surface area (Å²) in [6.45, 7) is 24.7. The summed E-state index contributed by atoms with van der Waals surface area (Å²) in [5.41, 5.74) is 16.5. The van der Waals surface area contributed by atoms with Gasteiger partial charge in [0.25, 0.3) is 0 Å². The smallest absolute Gasteiger partial charge is 0.131 e. The second-order valence-corrected chi connectivity index (χ2v) is 16.9. The van der Waals surface area contributed by atoms with Crippen LogP contribution >= 0.6 is 0 Å². The van der Waals surface area contributed by atoms with Crippen molar-refractivity contribution in [3.63, 3.8) is 0 Å². The van der Waals surface area contributed by atoms with Gasteiger partial charge in [-0.15, -0.1) is 0 Å². The quantitative estimate of drug-likeness (QED) is 0.132. The molecule has 3 heteroatoms. The molecule has 1 unspecified atom stereocenters. The molecule has 0 saturated carbocycles. The van der Waals surface area contributed by atoms with Gasteiger partial charge in [0.1, 0.15) is 5.75 Å². The molecule has 0 saturated heterocycles. The lowest BCUT2D eigenvalue weighted by molar-refractivity contribution is 0.479. The third-order valence-electron chi connectivity index (χ3n) is 11.0. The number of para-hydroxylation sites is 1. The number of nitrogens with zero attached hydrogens (tertiary/aromatic N) is 1. The Hall–Kier alpha value is -5.15. The standard InChI is InChI=1S/C52H60N2O/c1-31(2)37-28-38(32(3)4)30-39(29-37)46-26-36(11)27-47(52(46)55)43-19-13-14-20-44(43)48-24-17-25-49(53-48)51(45-21-15-12-18-40(45)33(5)6)54-50-41(34(7)8)22-16-23-42(50)35(9)10/h12-35,51,54-55H,1-11H3. The first-order valence-electron chi connectivity index (χ1n) is 20.3. The number of hydrogen-bond acceptors (Lipinski definition) is 3. The van der Waals surface area contributed by atoms with Gasteiger partial charge in [0.2, 0.25) is 0 Å². The SMILES string of the molecule is Cc1cc(-c2cc(C(C)C)cc(C(C)C)c2)c(O)c(-c2ccccc2-c2cccc(C(Nc3c(C(C)C)cccc3C(C)C)c3ccccc3C(C)C)n2)c1. The van der Waals surface area contributed by atoms with E-state index in [0.29, 0.717) is 35.3 Å². The Bertz CT molecular complexity index is 2220. The molecular formula is C52H60N2O. The van der Waals surface area contributed by atoms with Gasteiger partial charge in [0.15, 0.2) is 0 Å². The fraction of sp³-hybridized carbons (Fsp3) is 0.327. The zero-order valence-corrected chi connectivity index (χ0v) is 34.8. The van der Waals surface area contributed by atoms with Gasteiger partial charge in [-0.1, -0.05) is 160 Å². The van der Waals surface area contributed by atoms with Gasteiger partial charge in [-0.3, -0.25) is 4.98 Å². The summed E-state index contributed by atoms with van der Waals surface area (Å²) < 4.78 is 0. The number of aromatic nitrogens is 1. The molecule has 0 aliphatic rings. The molecule has 6 rings (SSSR count). The molecule has 55 heavy (non-hydrogen) atoms. The van der Waals surface area contributed by atoms with E-state index in [1.807, 2.05) is 0 Å². The Morgan fingerprint density at radius 3 is 1.56 bits per heavy atom. The largest absolute Gasteiger partial charge is 0.507 e. The van der Waals surface area contributed by atoms with Gasteiger partial charge in [-0.2, -0.15) is 0 Å². The minimum atomic E-state index is -0.189. The summed E-state index contributed by atoms with van der Waals surface area (Å²) in [6.07, 6.45) is 0. The molecule has 1 atom stereocenters. The van der Waals surface area contributed by atoms with Crippen LogP contribution in [-0.2, 0) is 0 Å². The van der Waals surface area contributed by atoms with Crippen LogP contribution in [0.3, 0.4) is 0 Å². The van der Waals surface area contributed by atoms with Gasteiger partial charge in [0, 0.05) is 22.4 Å². The molecule has 0 aliphatic heterocycles. The van der Waals surface area contributed by atoms with Crippen molar-refractivity contribution in [2.24, 2.45) is 0 Å². The number of hydrogen-bond donors (Lipinski definition) is 2. The van der Waals surface area contributed by atoms with Crippen LogP contribution in [0.4, 0.5) is 5.69 Å². The summed E-state index contributed by atoms with van der Waals surface area (Å²) in [7, 11) is 0. The highest BCUT2D eigenvalue weighted by Crippen LogP contribution is 2.44. The summed E-state index contributed by atoms with van der Waals surface area (Å²) in [6, 6.07) is 41.1. The highest BCUT2D eigenvalue weighted by molar-refractivity contribution is 5.90. The number of aryl methyl sites for hydroxylation is 1. The van der Waals surface area contributed by atoms with E-state index in [0.717, 1.165) is 44.8 Å². The minimum absolute atomic E-state index is 0.189. The average Bonchev–Trinajstić information content (AvgIpc) is 3.17. The molecule has 1 aromatic heterocycles. The molecule has 0 fully saturated rings. The Balaban J connectivity index is 1.52. The Morgan fingerprint density at radius 1 is 0.473 bits per heavy atom. The van der Waals surface area contributed by atoms with E-state index < -0.39 is 0 Å². The van der Waals surface area contributed by atoms with E-state index in [1.165, 1.54) is 39.1 Å². The number of anilines is 1. The predicted molar refractivity (Wildman–Crippen MR) is 236 cm³/mol. The molecular weight excluding hydrogens is 669 g/mol. The van der Waals surface area contributed by atoms with Gasteiger partial charge >= 0.3 is 0 Å². The summed E-state index contributed by atoms with van der Waals surface area (Å²) in [5.74, 6) is 2.09. The molecule has 284 valence electrons. The van der Waals surface area contributed by atoms with E-state index >= 15 is 0 Å². The first kappa shape index (κ1) is 39.5. The number of phenolic OH excluding ortho intramolecular Hbond substituents is 1. The van der Waals surface area contributed by atoms with Gasteiger partial charge in [-0.05, 0) is 111 Å². The van der Waals surface area contributed by atoms with Crippen molar-refractivity contribution in [2.75, 3.05) is 5.32 Å². The number of rotatable bonds is 12. The van der Waals surface area contributed by atoms with Crippen LogP contribution in [0.2, 0.25) is 0 Å². The topological polar surface area (TPSA) is 45.1 Å². The van der Waals surface area contributed by atoms with Crippen molar-refractivity contribution in [1.29, 1.82) is 0 Å². The highest BCUT2D eigenvalue weighted by Gasteiger charge is 2.25. The number of benzene rings is 5. The summed E-state index contributed by atoms with van der Waals surface area (Å²) >= 11 is 0. The van der Waals surface area contributed by atoms with E-state index in [4.69, 9.17) is 4.98 Å². The van der Waals surface area contributed by atoms with Gasteiger partial charge in [-0.25, -0.2) is 0 Å². The monoisotopic (exact) mass is 728 g/mol. The molecule has 3 nitrogen and oxygen atoms in total. The number of aromatic hydroxyl groups is 1. The van der Waals surface area contributed by atoms with Gasteiger partial charge in [0.05, 0.1) is 17.4 Å². The number of nitrogens with one attached hydrogen (secondary N) is 1. The zero-order valence-electron chi connectivity index (χ0n) is 34.8. The minimum Gasteiger partial charge on any atom is -0.507 e. The van der Waals surface area contributed by atoms with E-state index in [-0.39, 0.29) is 6.04 Å². The van der Waals surface area contributed by atoms with E-state index in [1.54, 1.807) is 0 Å². The van der Waals surface area contributed by atoms with Crippen LogP contribution in [-0.4, -0.2) is 10.1 Å². The van der Waals surface area contributed by atoms with E-state index in [2.05, 4.69) is 197 Å². The Morgan fingerprint density at radius 2 is 0.982 bits per heavy atom. The predicted octanol–water partition coefficient (Wildman–Crippen LogP) is 14.9. The number of pyridine rings is 1. The van der Waals surface area contributed by atoms with E-state index in [9.17, 15) is 5.11 Å². The molecule has 0 radical (unpaired) electrons. The molecule has 0 amide bonds. The average molecular weight is 729 g/mol. The Labute approximate surface area is 330 Å². The maximum atomic E-state index is 12.2. The molecule has 0 spiro atoms. The van der Waals surface area contributed by atoms with Crippen molar-refractivity contribution in [3.8, 4) is 39.3 Å². The molecule has 2 N–H and O–H groups in total. The number of phenols is 1. The van der Waals surface area contributed by atoms with Gasteiger partial charge < -0.3 is 10.4 Å². The maximum absolute atomic E-state index is 12.2. The third kappa shape index (κ3) is 8.42. The fourth-order valence-electron chi connectivity index (χ4n) is 7.88. The molecule has 6 aromatic rings. The van der Waals surface area contributed by atoms with Crippen LogP contribution < -0.4 is 5.32 Å². The Kier molecular flexibility index (Phi) is 12.0. The lowest BCUT2D eigenvalue weighted by Crippen LogP contribution is -2.19. The summed E-state index contributed by atoms with van der Waals surface area (Å²) in [4.78, 5) is 5.50. The van der Waals surface area contributed by atoms with Crippen LogP contribution in [0.25, 0.3) is 33.5 Å². The molecule has 0 aliphatic carbocycles. The molecule has 1 heterocycles. The molecule has 5 aromatic carbocycles. The van der Waals surface area contributed by atoms with Crippen molar-refractivity contribution in [2.45, 2.75) is 112 Å². The van der Waals surface area contributed by atoms with Crippen LogP contribution in [0.1, 0.15) is 150 Å². The van der Waals surface area contributed by atoms with Crippen molar-refractivity contribution >= 4 is 5.69 Å². The van der Waals surface area contributed by atoms with Crippen molar-refractivity contribution in [1.82, 2.24) is 4.98 Å². The second-order valence-electron chi connectivity index (χ2n) is 16.9. The first-order chi connectivity index (χ1) is 26.2. The molecule has 0 bridgehead atoms. The third-order valence-corrected chi connectivity index (χ3v) is 11.0. The van der Waals surface area contributed by atoms with Crippen molar-refractivity contribution < 1.29 is 5.11 Å². The lowest BCUT2D eigenvalue weighted by atomic mass is 9.87. The normalized spacial score (nSPS) is 12.4. The zero-order chi connectivity index (χ0) is 39.6. The van der Waals surface area contributed by atoms with Crippen LogP contribution in [0.15, 0.2) is 115 Å². The second kappa shape index (κ2) is 16.7. The first-order valence-corrected chi connectivity index (χ1v) is 20.3. The lowest BCUT2D eigenvalue weighted by Gasteiger charge is -2.29. The summed E-state index contributed by atoms with van der Waals surface area (Å²) in [5, 5.41) is 16.3. The maximum Gasteiger partial charge on any atom is 0.131 e. The highest BCUT2D eigenvalue weighted by atomic mass is 16.3. The van der Waals surface area contributed by atoms with Crippen LogP contribution in [0, 0.1) is 6.92 Å².